The lowest BCUT2D eigenvalue weighted by Crippen LogP contribution is -2.13. The number of aromatic hydroxyl groups is 1. The Labute approximate surface area is 143 Å². The van der Waals surface area contributed by atoms with Crippen molar-refractivity contribution in [2.45, 2.75) is 4.90 Å². The first kappa shape index (κ1) is 16.7. The molecular formula is C17H14N2O5S. The van der Waals surface area contributed by atoms with Gasteiger partial charge in [0.15, 0.2) is 0 Å². The van der Waals surface area contributed by atoms with Gasteiger partial charge in [0, 0.05) is 16.6 Å². The second kappa shape index (κ2) is 6.08. The van der Waals surface area contributed by atoms with Gasteiger partial charge in [-0.25, -0.2) is 0 Å². The van der Waals surface area contributed by atoms with Crippen LogP contribution in [0.5, 0.6) is 5.75 Å². The van der Waals surface area contributed by atoms with E-state index in [9.17, 15) is 22.9 Å². The van der Waals surface area contributed by atoms with Crippen LogP contribution in [-0.4, -0.2) is 24.0 Å². The zero-order valence-corrected chi connectivity index (χ0v) is 13.6. The van der Waals surface area contributed by atoms with Gasteiger partial charge in [-0.1, -0.05) is 6.07 Å². The van der Waals surface area contributed by atoms with Crippen LogP contribution in [0.1, 0.15) is 10.4 Å². The summed E-state index contributed by atoms with van der Waals surface area (Å²) in [4.78, 5) is 12.0. The molecule has 7 nitrogen and oxygen atoms in total. The molecule has 0 aromatic heterocycles. The fourth-order valence-electron chi connectivity index (χ4n) is 2.46. The molecule has 0 aliphatic heterocycles. The van der Waals surface area contributed by atoms with Crippen LogP contribution in [-0.2, 0) is 10.1 Å². The zero-order valence-electron chi connectivity index (χ0n) is 12.8. The first-order chi connectivity index (χ1) is 11.7. The minimum atomic E-state index is -4.49. The summed E-state index contributed by atoms with van der Waals surface area (Å²) in [5.74, 6) is -0.567. The number of nitrogen functional groups attached to an aromatic ring is 1. The number of fused-ring (bicyclic) bond motifs is 1. The van der Waals surface area contributed by atoms with Crippen molar-refractivity contribution in [2.75, 3.05) is 11.1 Å². The molecule has 3 aromatic rings. The number of rotatable bonds is 3. The molecule has 0 aliphatic carbocycles. The molecule has 0 fully saturated rings. The number of anilines is 2. The number of hydrogen-bond donors (Lipinski definition) is 4. The first-order valence-corrected chi connectivity index (χ1v) is 8.59. The maximum atomic E-state index is 12.4. The molecule has 0 spiro atoms. The lowest BCUT2D eigenvalue weighted by molar-refractivity contribution is 0.102. The van der Waals surface area contributed by atoms with Gasteiger partial charge in [-0.3, -0.25) is 9.35 Å². The van der Waals surface area contributed by atoms with Gasteiger partial charge in [0.2, 0.25) is 0 Å². The number of nitrogens with one attached hydrogen (secondary N) is 1. The van der Waals surface area contributed by atoms with E-state index in [1.165, 1.54) is 30.3 Å². The first-order valence-electron chi connectivity index (χ1n) is 7.15. The van der Waals surface area contributed by atoms with E-state index in [1.807, 2.05) is 0 Å². The third-order valence-electron chi connectivity index (χ3n) is 3.60. The highest BCUT2D eigenvalue weighted by Crippen LogP contribution is 2.30. The topological polar surface area (TPSA) is 130 Å². The van der Waals surface area contributed by atoms with E-state index >= 15 is 0 Å². The molecule has 3 rings (SSSR count). The minimum absolute atomic E-state index is 0.0758. The van der Waals surface area contributed by atoms with Crippen molar-refractivity contribution < 1.29 is 22.9 Å². The molecule has 1 amide bonds. The van der Waals surface area contributed by atoms with E-state index in [-0.39, 0.29) is 11.4 Å². The van der Waals surface area contributed by atoms with Crippen LogP contribution in [0.25, 0.3) is 10.8 Å². The smallest absolute Gasteiger partial charge is 0.294 e. The Kier molecular flexibility index (Phi) is 4.07. The monoisotopic (exact) mass is 358 g/mol. The van der Waals surface area contributed by atoms with Gasteiger partial charge < -0.3 is 16.2 Å². The molecule has 0 atom stereocenters. The fourth-order valence-corrected chi connectivity index (χ4v) is 3.00. The Balaban J connectivity index is 2.12. The Morgan fingerprint density at radius 1 is 1.04 bits per heavy atom. The summed E-state index contributed by atoms with van der Waals surface area (Å²) >= 11 is 0. The van der Waals surface area contributed by atoms with Crippen molar-refractivity contribution in [3.8, 4) is 5.75 Å². The highest BCUT2D eigenvalue weighted by atomic mass is 32.2. The van der Waals surface area contributed by atoms with E-state index in [0.717, 1.165) is 6.07 Å². The lowest BCUT2D eigenvalue weighted by Gasteiger charge is -2.11. The number of phenolic OH excluding ortho intramolecular Hbond substituents is 1. The van der Waals surface area contributed by atoms with Crippen molar-refractivity contribution in [1.29, 1.82) is 0 Å². The van der Waals surface area contributed by atoms with Crippen LogP contribution in [0.4, 0.5) is 11.4 Å². The molecular weight excluding hydrogens is 344 g/mol. The van der Waals surface area contributed by atoms with Gasteiger partial charge in [-0.2, -0.15) is 8.42 Å². The summed E-state index contributed by atoms with van der Waals surface area (Å²) in [5.41, 5.74) is 6.54. The van der Waals surface area contributed by atoms with Gasteiger partial charge in [-0.05, 0) is 53.9 Å². The molecule has 0 bridgehead atoms. The molecule has 25 heavy (non-hydrogen) atoms. The van der Waals surface area contributed by atoms with Crippen molar-refractivity contribution in [1.82, 2.24) is 0 Å². The van der Waals surface area contributed by atoms with E-state index in [1.54, 1.807) is 18.2 Å². The van der Waals surface area contributed by atoms with Gasteiger partial charge in [0.05, 0.1) is 10.6 Å². The largest absolute Gasteiger partial charge is 0.508 e. The van der Waals surface area contributed by atoms with E-state index in [2.05, 4.69) is 5.32 Å². The summed E-state index contributed by atoms with van der Waals surface area (Å²) in [6.07, 6.45) is 0. The van der Waals surface area contributed by atoms with Crippen LogP contribution >= 0.6 is 0 Å². The highest BCUT2D eigenvalue weighted by Gasteiger charge is 2.16. The Bertz CT molecular complexity index is 1090. The highest BCUT2D eigenvalue weighted by molar-refractivity contribution is 7.85. The molecule has 0 saturated carbocycles. The number of nitrogens with two attached hydrogens (primary N) is 1. The van der Waals surface area contributed by atoms with Crippen molar-refractivity contribution in [3.63, 3.8) is 0 Å². The fraction of sp³-hybridized carbons (Fsp3) is 0. The van der Waals surface area contributed by atoms with E-state index in [4.69, 9.17) is 5.73 Å². The molecule has 5 N–H and O–H groups in total. The molecule has 3 aromatic carbocycles. The molecule has 0 radical (unpaired) electrons. The zero-order chi connectivity index (χ0) is 18.2. The van der Waals surface area contributed by atoms with Crippen LogP contribution in [0, 0.1) is 0 Å². The van der Waals surface area contributed by atoms with Crippen LogP contribution < -0.4 is 11.1 Å². The third kappa shape index (κ3) is 3.54. The average molecular weight is 358 g/mol. The maximum Gasteiger partial charge on any atom is 0.294 e. The summed E-state index contributed by atoms with van der Waals surface area (Å²) in [6, 6.07) is 12.9. The van der Waals surface area contributed by atoms with Crippen LogP contribution in [0.3, 0.4) is 0 Å². The minimum Gasteiger partial charge on any atom is -0.508 e. The predicted octanol–water partition coefficient (Wildman–Crippen LogP) is 2.63. The molecule has 128 valence electrons. The average Bonchev–Trinajstić information content (AvgIpc) is 2.53. The van der Waals surface area contributed by atoms with Gasteiger partial charge in [-0.15, -0.1) is 0 Å². The van der Waals surface area contributed by atoms with E-state index in [0.29, 0.717) is 22.0 Å². The summed E-state index contributed by atoms with van der Waals surface area (Å²) < 4.78 is 32.3. The van der Waals surface area contributed by atoms with Crippen molar-refractivity contribution >= 4 is 38.2 Å². The van der Waals surface area contributed by atoms with Gasteiger partial charge >= 0.3 is 0 Å². The summed E-state index contributed by atoms with van der Waals surface area (Å²) in [7, 11) is -4.49. The van der Waals surface area contributed by atoms with Crippen LogP contribution in [0.2, 0.25) is 0 Å². The predicted molar refractivity (Wildman–Crippen MR) is 94.2 cm³/mol. The normalized spacial score (nSPS) is 11.4. The lowest BCUT2D eigenvalue weighted by atomic mass is 10.1. The quantitative estimate of drug-likeness (QED) is 0.421. The number of benzene rings is 3. The van der Waals surface area contributed by atoms with Gasteiger partial charge in [0.25, 0.3) is 16.0 Å². The SMILES string of the molecule is Nc1cccc(C(=O)Nc2cc(S(=O)(=O)O)cc3cc(O)ccc23)c1. The Morgan fingerprint density at radius 2 is 1.80 bits per heavy atom. The number of carbonyl (C=O) groups is 1. The van der Waals surface area contributed by atoms with Crippen LogP contribution in [0.15, 0.2) is 59.5 Å². The van der Waals surface area contributed by atoms with E-state index < -0.39 is 20.9 Å². The molecule has 0 heterocycles. The molecule has 8 heteroatoms. The third-order valence-corrected chi connectivity index (χ3v) is 4.44. The van der Waals surface area contributed by atoms with Crippen molar-refractivity contribution in [2.24, 2.45) is 0 Å². The molecule has 0 aliphatic rings. The summed E-state index contributed by atoms with van der Waals surface area (Å²) in [5, 5.41) is 13.0. The molecule has 0 saturated heterocycles. The molecule has 0 unspecified atom stereocenters. The number of hydrogen-bond acceptors (Lipinski definition) is 5. The second-order valence-corrected chi connectivity index (χ2v) is 6.85. The maximum absolute atomic E-state index is 12.4. The number of carbonyl (C=O) groups excluding carboxylic acids is 1. The second-order valence-electron chi connectivity index (χ2n) is 5.43. The summed E-state index contributed by atoms with van der Waals surface area (Å²) in [6.45, 7) is 0. The number of phenols is 1. The Morgan fingerprint density at radius 3 is 2.48 bits per heavy atom. The standard InChI is InChI=1S/C17H14N2O5S/c18-12-3-1-2-10(6-12)17(21)19-16-9-14(25(22,23)24)8-11-7-13(20)4-5-15(11)16/h1-9,20H,18H2,(H,19,21)(H,22,23,24). The van der Waals surface area contributed by atoms with Gasteiger partial charge in [0.1, 0.15) is 5.75 Å². The Hall–Kier alpha value is -3.10. The number of amides is 1. The van der Waals surface area contributed by atoms with Crippen molar-refractivity contribution in [3.05, 3.63) is 60.2 Å².